The molecule has 0 atom stereocenters. The van der Waals surface area contributed by atoms with Crippen molar-refractivity contribution in [3.63, 3.8) is 0 Å². The summed E-state index contributed by atoms with van der Waals surface area (Å²) >= 11 is 0. The highest BCUT2D eigenvalue weighted by Crippen LogP contribution is 2.18. The number of rotatable bonds is 4. The Morgan fingerprint density at radius 3 is 2.83 bits per heavy atom. The average Bonchev–Trinajstić information content (AvgIpc) is 2.61. The number of methoxy groups -OCH3 is 1. The van der Waals surface area contributed by atoms with E-state index in [2.05, 4.69) is 15.5 Å². The van der Waals surface area contributed by atoms with Gasteiger partial charge in [0.1, 0.15) is 5.75 Å². The largest absolute Gasteiger partial charge is 0.497 e. The molecule has 5 heteroatoms. The number of nitrogens with one attached hydrogen (secondary N) is 1. The number of aryl methyl sites for hydroxylation is 1. The van der Waals surface area contributed by atoms with Gasteiger partial charge in [0.15, 0.2) is 0 Å². The van der Waals surface area contributed by atoms with Crippen LogP contribution < -0.4 is 10.2 Å². The van der Waals surface area contributed by atoms with Gasteiger partial charge in [0.25, 0.3) is 5.91 Å². The van der Waals surface area contributed by atoms with E-state index in [9.17, 15) is 4.79 Å². The van der Waals surface area contributed by atoms with Crippen LogP contribution in [0.5, 0.6) is 5.75 Å². The third kappa shape index (κ3) is 3.41. The van der Waals surface area contributed by atoms with Crippen molar-refractivity contribution in [2.45, 2.75) is 6.92 Å². The lowest BCUT2D eigenvalue weighted by atomic mass is 10.1. The first kappa shape index (κ1) is 15.7. The Kier molecular flexibility index (Phi) is 4.52. The number of amides is 1. The molecule has 0 bridgehead atoms. The molecule has 0 saturated heterocycles. The Morgan fingerprint density at radius 1 is 1.17 bits per heavy atom. The lowest BCUT2D eigenvalue weighted by Gasteiger charge is -2.06. The molecule has 24 heavy (non-hydrogen) atoms. The molecule has 3 aromatic rings. The molecule has 0 aliphatic heterocycles. The minimum Gasteiger partial charge on any atom is -0.497 e. The lowest BCUT2D eigenvalue weighted by molar-refractivity contribution is 0.0956. The van der Waals surface area contributed by atoms with E-state index in [1.165, 1.54) is 0 Å². The Labute approximate surface area is 140 Å². The SMILES string of the molecule is COc1cccc(/C=N/NC(=O)c2cc(C)nc3ccccc23)c1. The molecule has 0 aliphatic rings. The normalized spacial score (nSPS) is 10.9. The molecule has 1 N–H and O–H groups in total. The molecular weight excluding hydrogens is 302 g/mol. The standard InChI is InChI=1S/C19H17N3O2/c1-13-10-17(16-8-3-4-9-18(16)21-13)19(23)22-20-12-14-6-5-7-15(11-14)24-2/h3-12H,1-2H3,(H,22,23)/b20-12+. The summed E-state index contributed by atoms with van der Waals surface area (Å²) in [6.07, 6.45) is 1.58. The molecule has 1 aromatic heterocycles. The Hall–Kier alpha value is -3.21. The number of hydrogen-bond acceptors (Lipinski definition) is 4. The number of nitrogens with zero attached hydrogens (tertiary/aromatic N) is 2. The van der Waals surface area contributed by atoms with Crippen molar-refractivity contribution in [1.29, 1.82) is 0 Å². The van der Waals surface area contributed by atoms with E-state index in [4.69, 9.17) is 4.74 Å². The summed E-state index contributed by atoms with van der Waals surface area (Å²) < 4.78 is 5.16. The highest BCUT2D eigenvalue weighted by Gasteiger charge is 2.10. The van der Waals surface area contributed by atoms with Crippen LogP contribution in [0.4, 0.5) is 0 Å². The summed E-state index contributed by atoms with van der Waals surface area (Å²) in [6.45, 7) is 1.86. The molecular formula is C19H17N3O2. The predicted molar refractivity (Wildman–Crippen MR) is 94.5 cm³/mol. The maximum absolute atomic E-state index is 12.4. The van der Waals surface area contributed by atoms with Crippen LogP contribution in [-0.4, -0.2) is 24.2 Å². The van der Waals surface area contributed by atoms with Gasteiger partial charge in [-0.3, -0.25) is 9.78 Å². The summed E-state index contributed by atoms with van der Waals surface area (Å²) in [7, 11) is 1.61. The number of carbonyl (C=O) groups is 1. The molecule has 3 rings (SSSR count). The van der Waals surface area contributed by atoms with Gasteiger partial charge in [-0.15, -0.1) is 0 Å². The van der Waals surface area contributed by atoms with Gasteiger partial charge in [-0.1, -0.05) is 30.3 Å². The summed E-state index contributed by atoms with van der Waals surface area (Å²) in [5.41, 5.74) is 5.54. The summed E-state index contributed by atoms with van der Waals surface area (Å²) in [5, 5.41) is 4.83. The quantitative estimate of drug-likeness (QED) is 0.593. The second-order valence-electron chi connectivity index (χ2n) is 5.30. The van der Waals surface area contributed by atoms with E-state index in [-0.39, 0.29) is 5.91 Å². The smallest absolute Gasteiger partial charge is 0.272 e. The van der Waals surface area contributed by atoms with Crippen LogP contribution >= 0.6 is 0 Å². The summed E-state index contributed by atoms with van der Waals surface area (Å²) in [4.78, 5) is 16.9. The first-order chi connectivity index (χ1) is 11.7. The number of carbonyl (C=O) groups excluding carboxylic acids is 1. The fraction of sp³-hybridized carbons (Fsp3) is 0.105. The van der Waals surface area contributed by atoms with Crippen LogP contribution in [0.1, 0.15) is 21.6 Å². The van der Waals surface area contributed by atoms with Gasteiger partial charge in [0.05, 0.1) is 24.4 Å². The Bertz CT molecular complexity index is 919. The topological polar surface area (TPSA) is 63.6 Å². The van der Waals surface area contributed by atoms with Crippen molar-refractivity contribution >= 4 is 23.0 Å². The van der Waals surface area contributed by atoms with Gasteiger partial charge in [-0.25, -0.2) is 5.43 Å². The average molecular weight is 319 g/mol. The van der Waals surface area contributed by atoms with E-state index < -0.39 is 0 Å². The number of fused-ring (bicyclic) bond motifs is 1. The number of aromatic nitrogens is 1. The van der Waals surface area contributed by atoms with Crippen LogP contribution in [0.15, 0.2) is 59.7 Å². The Balaban J connectivity index is 1.81. The number of pyridine rings is 1. The molecule has 0 unspecified atom stereocenters. The van der Waals surface area contributed by atoms with Crippen molar-refractivity contribution in [3.05, 3.63) is 71.4 Å². The minimum absolute atomic E-state index is 0.268. The van der Waals surface area contributed by atoms with Crippen LogP contribution in [0.3, 0.4) is 0 Å². The molecule has 0 saturated carbocycles. The minimum atomic E-state index is -0.268. The highest BCUT2D eigenvalue weighted by atomic mass is 16.5. The van der Waals surface area contributed by atoms with E-state index in [1.54, 1.807) is 19.4 Å². The maximum atomic E-state index is 12.4. The Morgan fingerprint density at radius 2 is 2.00 bits per heavy atom. The van der Waals surface area contributed by atoms with Crippen molar-refractivity contribution in [1.82, 2.24) is 10.4 Å². The summed E-state index contributed by atoms with van der Waals surface area (Å²) in [5.74, 6) is 0.469. The monoisotopic (exact) mass is 319 g/mol. The van der Waals surface area contributed by atoms with Crippen LogP contribution in [-0.2, 0) is 0 Å². The number of ether oxygens (including phenoxy) is 1. The predicted octanol–water partition coefficient (Wildman–Crippen LogP) is 3.32. The first-order valence-electron chi connectivity index (χ1n) is 7.51. The fourth-order valence-corrected chi connectivity index (χ4v) is 2.44. The van der Waals surface area contributed by atoms with Crippen LogP contribution in [0.2, 0.25) is 0 Å². The van der Waals surface area contributed by atoms with Gasteiger partial charge >= 0.3 is 0 Å². The third-order valence-electron chi connectivity index (χ3n) is 3.56. The molecule has 0 fully saturated rings. The number of para-hydroxylation sites is 1. The maximum Gasteiger partial charge on any atom is 0.272 e. The van der Waals surface area contributed by atoms with Gasteiger partial charge in [-0.2, -0.15) is 5.10 Å². The molecule has 2 aromatic carbocycles. The van der Waals surface area contributed by atoms with Gasteiger partial charge < -0.3 is 4.74 Å². The van der Waals surface area contributed by atoms with Crippen molar-refractivity contribution in [3.8, 4) is 5.75 Å². The van der Waals surface area contributed by atoms with Crippen LogP contribution in [0.25, 0.3) is 10.9 Å². The van der Waals surface area contributed by atoms with Crippen molar-refractivity contribution in [2.24, 2.45) is 5.10 Å². The zero-order valence-corrected chi connectivity index (χ0v) is 13.5. The fourth-order valence-electron chi connectivity index (χ4n) is 2.44. The van der Waals surface area contributed by atoms with Gasteiger partial charge in [-0.05, 0) is 36.8 Å². The molecule has 0 spiro atoms. The first-order valence-corrected chi connectivity index (χ1v) is 7.51. The van der Waals surface area contributed by atoms with Crippen LogP contribution in [0, 0.1) is 6.92 Å². The summed E-state index contributed by atoms with van der Waals surface area (Å²) in [6, 6.07) is 16.7. The van der Waals surface area contributed by atoms with E-state index >= 15 is 0 Å². The molecule has 0 aliphatic carbocycles. The highest BCUT2D eigenvalue weighted by molar-refractivity contribution is 6.06. The van der Waals surface area contributed by atoms with E-state index in [1.807, 2.05) is 55.5 Å². The molecule has 1 amide bonds. The molecule has 0 radical (unpaired) electrons. The molecule has 120 valence electrons. The van der Waals surface area contributed by atoms with Crippen molar-refractivity contribution < 1.29 is 9.53 Å². The van der Waals surface area contributed by atoms with Gasteiger partial charge in [0, 0.05) is 11.1 Å². The van der Waals surface area contributed by atoms with Crippen molar-refractivity contribution in [2.75, 3.05) is 7.11 Å². The molecule has 1 heterocycles. The number of hydrogen-bond donors (Lipinski definition) is 1. The zero-order chi connectivity index (χ0) is 16.9. The second-order valence-corrected chi connectivity index (χ2v) is 5.30. The lowest BCUT2D eigenvalue weighted by Crippen LogP contribution is -2.18. The molecule has 5 nitrogen and oxygen atoms in total. The van der Waals surface area contributed by atoms with Gasteiger partial charge in [0.2, 0.25) is 0 Å². The number of hydrazone groups is 1. The number of benzene rings is 2. The zero-order valence-electron chi connectivity index (χ0n) is 13.5. The van der Waals surface area contributed by atoms with E-state index in [0.29, 0.717) is 5.56 Å². The van der Waals surface area contributed by atoms with E-state index in [0.717, 1.165) is 27.9 Å². The second kappa shape index (κ2) is 6.91. The third-order valence-corrected chi connectivity index (χ3v) is 3.56.